The third-order valence-electron chi connectivity index (χ3n) is 4.08. The Balaban J connectivity index is 1.92. The van der Waals surface area contributed by atoms with E-state index in [-0.39, 0.29) is 0 Å². The van der Waals surface area contributed by atoms with Gasteiger partial charge in [0.25, 0.3) is 0 Å². The molecule has 1 atom stereocenters. The minimum atomic E-state index is 0.690. The molecule has 118 valence electrons. The van der Waals surface area contributed by atoms with Crippen LogP contribution < -0.4 is 10.1 Å². The van der Waals surface area contributed by atoms with Crippen molar-refractivity contribution in [3.63, 3.8) is 0 Å². The molecule has 21 heavy (non-hydrogen) atoms. The molecule has 1 aromatic rings. The lowest BCUT2D eigenvalue weighted by Crippen LogP contribution is -2.45. The molecule has 3 nitrogen and oxygen atoms in total. The number of benzene rings is 1. The van der Waals surface area contributed by atoms with E-state index < -0.39 is 0 Å². The van der Waals surface area contributed by atoms with Crippen LogP contribution >= 0.6 is 0 Å². The van der Waals surface area contributed by atoms with Gasteiger partial charge < -0.3 is 10.1 Å². The van der Waals surface area contributed by atoms with Crippen molar-refractivity contribution in [3.8, 4) is 5.75 Å². The number of hydrogen-bond donors (Lipinski definition) is 1. The largest absolute Gasteiger partial charge is 0.494 e. The predicted molar refractivity (Wildman–Crippen MR) is 88.8 cm³/mol. The Morgan fingerprint density at radius 1 is 1.19 bits per heavy atom. The average molecular weight is 290 g/mol. The van der Waals surface area contributed by atoms with Crippen LogP contribution in [-0.4, -0.2) is 37.2 Å². The minimum absolute atomic E-state index is 0.690. The molecule has 1 heterocycles. The van der Waals surface area contributed by atoms with E-state index in [1.807, 2.05) is 0 Å². The highest BCUT2D eigenvalue weighted by Crippen LogP contribution is 2.18. The fourth-order valence-electron chi connectivity index (χ4n) is 2.97. The highest BCUT2D eigenvalue weighted by atomic mass is 16.5. The summed E-state index contributed by atoms with van der Waals surface area (Å²) in [5.74, 6) is 0.988. The number of piperidine rings is 1. The van der Waals surface area contributed by atoms with E-state index in [2.05, 4.69) is 48.3 Å². The molecule has 1 unspecified atom stereocenters. The molecule has 0 amide bonds. The maximum Gasteiger partial charge on any atom is 0.119 e. The van der Waals surface area contributed by atoms with Gasteiger partial charge in [-0.1, -0.05) is 26.0 Å². The Kier molecular flexibility index (Phi) is 7.04. The molecule has 3 heteroatoms. The van der Waals surface area contributed by atoms with Gasteiger partial charge in [-0.05, 0) is 56.5 Å². The summed E-state index contributed by atoms with van der Waals surface area (Å²) in [6.45, 7) is 9.75. The summed E-state index contributed by atoms with van der Waals surface area (Å²) in [5.41, 5.74) is 1.39. The van der Waals surface area contributed by atoms with Crippen LogP contribution in [0.1, 0.15) is 45.1 Å². The van der Waals surface area contributed by atoms with Crippen molar-refractivity contribution >= 4 is 0 Å². The fourth-order valence-corrected chi connectivity index (χ4v) is 2.97. The number of ether oxygens (including phenoxy) is 1. The van der Waals surface area contributed by atoms with Crippen molar-refractivity contribution in [2.75, 3.05) is 26.2 Å². The molecule has 1 N–H and O–H groups in total. The van der Waals surface area contributed by atoms with Crippen LogP contribution in [0.25, 0.3) is 0 Å². The third-order valence-corrected chi connectivity index (χ3v) is 4.08. The highest BCUT2D eigenvalue weighted by molar-refractivity contribution is 5.27. The summed E-state index contributed by atoms with van der Waals surface area (Å²) < 4.78 is 5.66. The van der Waals surface area contributed by atoms with Gasteiger partial charge in [0.1, 0.15) is 5.75 Å². The van der Waals surface area contributed by atoms with Gasteiger partial charge in [0.15, 0.2) is 0 Å². The van der Waals surface area contributed by atoms with Crippen molar-refractivity contribution in [1.29, 1.82) is 0 Å². The van der Waals surface area contributed by atoms with Gasteiger partial charge in [0.05, 0.1) is 6.61 Å². The summed E-state index contributed by atoms with van der Waals surface area (Å²) >= 11 is 0. The molecular weight excluding hydrogens is 260 g/mol. The molecule has 0 aromatic heterocycles. The van der Waals surface area contributed by atoms with Crippen molar-refractivity contribution in [2.45, 2.75) is 52.1 Å². The molecule has 0 saturated carbocycles. The summed E-state index contributed by atoms with van der Waals surface area (Å²) in [6.07, 6.45) is 4.90. The van der Waals surface area contributed by atoms with Crippen LogP contribution in [0, 0.1) is 0 Å². The van der Waals surface area contributed by atoms with Crippen LogP contribution in [0.15, 0.2) is 24.3 Å². The maximum absolute atomic E-state index is 5.66. The summed E-state index contributed by atoms with van der Waals surface area (Å²) in [4.78, 5) is 2.63. The van der Waals surface area contributed by atoms with Crippen LogP contribution in [0.2, 0.25) is 0 Å². The first-order chi connectivity index (χ1) is 10.3. The Morgan fingerprint density at radius 2 is 2.00 bits per heavy atom. The Hall–Kier alpha value is -1.06. The smallest absolute Gasteiger partial charge is 0.119 e. The molecule has 1 saturated heterocycles. The van der Waals surface area contributed by atoms with Crippen molar-refractivity contribution in [1.82, 2.24) is 10.2 Å². The predicted octanol–water partition coefficient (Wildman–Crippen LogP) is 3.44. The molecule has 0 radical (unpaired) electrons. The molecule has 1 aliphatic heterocycles. The van der Waals surface area contributed by atoms with Crippen molar-refractivity contribution in [3.05, 3.63) is 29.8 Å². The molecule has 1 aromatic carbocycles. The van der Waals surface area contributed by atoms with Gasteiger partial charge in [0, 0.05) is 19.1 Å². The van der Waals surface area contributed by atoms with Crippen molar-refractivity contribution < 1.29 is 4.74 Å². The molecule has 1 fully saturated rings. The van der Waals surface area contributed by atoms with E-state index in [9.17, 15) is 0 Å². The van der Waals surface area contributed by atoms with Crippen LogP contribution in [0.4, 0.5) is 0 Å². The van der Waals surface area contributed by atoms with E-state index >= 15 is 0 Å². The van der Waals surface area contributed by atoms with E-state index in [1.54, 1.807) is 0 Å². The number of nitrogens with one attached hydrogen (secondary N) is 1. The zero-order valence-electron chi connectivity index (χ0n) is 13.6. The SMILES string of the molecule is CCCOc1ccc(CN(CCC)C2CCCNC2)cc1. The fraction of sp³-hybridized carbons (Fsp3) is 0.667. The topological polar surface area (TPSA) is 24.5 Å². The summed E-state index contributed by atoms with van der Waals surface area (Å²) in [7, 11) is 0. The van der Waals surface area contributed by atoms with Gasteiger partial charge in [-0.2, -0.15) is 0 Å². The summed E-state index contributed by atoms with van der Waals surface area (Å²) in [6, 6.07) is 9.32. The van der Waals surface area contributed by atoms with Crippen LogP contribution in [0.3, 0.4) is 0 Å². The second kappa shape index (κ2) is 9.06. The first kappa shape index (κ1) is 16.3. The number of nitrogens with zero attached hydrogens (tertiary/aromatic N) is 1. The van der Waals surface area contributed by atoms with Gasteiger partial charge in [-0.3, -0.25) is 4.90 Å². The maximum atomic E-state index is 5.66. The first-order valence-corrected chi connectivity index (χ1v) is 8.50. The second-order valence-corrected chi connectivity index (χ2v) is 5.96. The van der Waals surface area contributed by atoms with Crippen LogP contribution in [0.5, 0.6) is 5.75 Å². The lowest BCUT2D eigenvalue weighted by molar-refractivity contribution is 0.158. The lowest BCUT2D eigenvalue weighted by Gasteiger charge is -2.34. The lowest BCUT2D eigenvalue weighted by atomic mass is 10.0. The van der Waals surface area contributed by atoms with Gasteiger partial charge in [0.2, 0.25) is 0 Å². The molecule has 2 rings (SSSR count). The van der Waals surface area contributed by atoms with Gasteiger partial charge in [-0.15, -0.1) is 0 Å². The number of hydrogen-bond acceptors (Lipinski definition) is 3. The Bertz CT molecular complexity index is 385. The Morgan fingerprint density at radius 3 is 2.62 bits per heavy atom. The van der Waals surface area contributed by atoms with Gasteiger partial charge >= 0.3 is 0 Å². The molecule has 0 aliphatic carbocycles. The normalized spacial score (nSPS) is 18.9. The van der Waals surface area contributed by atoms with E-state index in [4.69, 9.17) is 4.74 Å². The van der Waals surface area contributed by atoms with Gasteiger partial charge in [-0.25, -0.2) is 0 Å². The minimum Gasteiger partial charge on any atom is -0.494 e. The second-order valence-electron chi connectivity index (χ2n) is 5.96. The zero-order valence-corrected chi connectivity index (χ0v) is 13.6. The monoisotopic (exact) mass is 290 g/mol. The van der Waals surface area contributed by atoms with E-state index in [1.165, 1.54) is 37.9 Å². The molecule has 0 bridgehead atoms. The molecule has 0 spiro atoms. The van der Waals surface area contributed by atoms with Crippen LogP contribution in [-0.2, 0) is 6.54 Å². The Labute approximate surface area is 129 Å². The zero-order chi connectivity index (χ0) is 14.9. The van der Waals surface area contributed by atoms with E-state index in [0.29, 0.717) is 6.04 Å². The van der Waals surface area contributed by atoms with Crippen molar-refractivity contribution in [2.24, 2.45) is 0 Å². The standard InChI is InChI=1S/C18H30N2O/c1-3-12-20(17-6-5-11-19-14-17)15-16-7-9-18(10-8-16)21-13-4-2/h7-10,17,19H,3-6,11-15H2,1-2H3. The summed E-state index contributed by atoms with van der Waals surface area (Å²) in [5, 5.41) is 3.53. The third kappa shape index (κ3) is 5.33. The van der Waals surface area contributed by atoms with E-state index in [0.717, 1.165) is 31.9 Å². The molecule has 1 aliphatic rings. The quantitative estimate of drug-likeness (QED) is 0.794. The highest BCUT2D eigenvalue weighted by Gasteiger charge is 2.20. The average Bonchev–Trinajstić information content (AvgIpc) is 2.54. The first-order valence-electron chi connectivity index (χ1n) is 8.50. The number of rotatable bonds is 8. The molecular formula is C18H30N2O.